The summed E-state index contributed by atoms with van der Waals surface area (Å²) in [4.78, 5) is 10.0. The van der Waals surface area contributed by atoms with Gasteiger partial charge in [-0.1, -0.05) is 140 Å². The van der Waals surface area contributed by atoms with E-state index < -0.39 is 8.07 Å². The molecule has 0 unspecified atom stereocenters. The van der Waals surface area contributed by atoms with Crippen LogP contribution in [0.1, 0.15) is 0 Å². The number of rotatable bonds is 6. The summed E-state index contributed by atoms with van der Waals surface area (Å²) in [5.74, 6) is 0. The third-order valence-electron chi connectivity index (χ3n) is 13.3. The van der Waals surface area contributed by atoms with Crippen molar-refractivity contribution in [3.63, 3.8) is 0 Å². The number of thiophene rings is 3. The van der Waals surface area contributed by atoms with E-state index in [9.17, 15) is 0 Å². The van der Waals surface area contributed by atoms with Crippen LogP contribution in [0.3, 0.4) is 0 Å². The minimum Gasteiger partial charge on any atom is -0.456 e. The van der Waals surface area contributed by atoms with E-state index in [1.165, 1.54) is 81.3 Å². The van der Waals surface area contributed by atoms with Gasteiger partial charge in [-0.15, -0.1) is 34.0 Å². The van der Waals surface area contributed by atoms with E-state index in [0.29, 0.717) is 0 Å². The molecular weight excluding hydrogens is 865 g/mol. The highest BCUT2D eigenvalue weighted by Crippen LogP contribution is 2.41. The van der Waals surface area contributed by atoms with Gasteiger partial charge in [-0.3, -0.25) is 9.97 Å². The molecule has 0 atom stereocenters. The lowest BCUT2D eigenvalue weighted by atomic mass is 10.0. The fourth-order valence-corrected chi connectivity index (χ4v) is 19.2. The number of benzene rings is 8. The van der Waals surface area contributed by atoms with Gasteiger partial charge in [0.05, 0.1) is 20.8 Å². The van der Waals surface area contributed by atoms with Crippen LogP contribution in [0.25, 0.3) is 105 Å². The molecule has 0 aliphatic rings. The summed E-state index contributed by atoms with van der Waals surface area (Å²) in [6.45, 7) is 0. The predicted molar refractivity (Wildman–Crippen MR) is 282 cm³/mol. The molecule has 65 heavy (non-hydrogen) atoms. The fraction of sp³-hybridized carbons (Fsp3) is 0. The van der Waals surface area contributed by atoms with Gasteiger partial charge in [-0.25, -0.2) is 0 Å². The van der Waals surface area contributed by atoms with Crippen LogP contribution in [0, 0.1) is 0 Å². The van der Waals surface area contributed by atoms with Crippen LogP contribution in [0.4, 0.5) is 0 Å². The highest BCUT2D eigenvalue weighted by Gasteiger charge is 2.45. The lowest BCUT2D eigenvalue weighted by molar-refractivity contribution is 0.671. The van der Waals surface area contributed by atoms with Gasteiger partial charge < -0.3 is 4.42 Å². The molecule has 0 saturated heterocycles. The molecule has 8 aromatic carbocycles. The maximum absolute atomic E-state index is 7.16. The van der Waals surface area contributed by atoms with E-state index in [2.05, 4.69) is 194 Å². The maximum atomic E-state index is 7.16. The van der Waals surface area contributed by atoms with Crippen LogP contribution in [0.15, 0.2) is 211 Å². The molecule has 304 valence electrons. The van der Waals surface area contributed by atoms with Crippen molar-refractivity contribution in [1.29, 1.82) is 0 Å². The second-order valence-corrected chi connectivity index (χ2v) is 23.8. The third kappa shape index (κ3) is 5.57. The van der Waals surface area contributed by atoms with Crippen molar-refractivity contribution in [1.82, 2.24) is 9.97 Å². The van der Waals surface area contributed by atoms with Crippen molar-refractivity contribution in [2.75, 3.05) is 0 Å². The number of para-hydroxylation sites is 1. The number of hydrogen-bond acceptors (Lipinski definition) is 6. The minimum absolute atomic E-state index is 0.872. The quantitative estimate of drug-likeness (QED) is 0.123. The molecule has 0 fully saturated rings. The Hall–Kier alpha value is -7.26. The largest absolute Gasteiger partial charge is 0.456 e. The highest BCUT2D eigenvalue weighted by molar-refractivity contribution is 7.31. The number of pyridine rings is 2. The smallest absolute Gasteiger partial charge is 0.185 e. The van der Waals surface area contributed by atoms with Gasteiger partial charge in [0.1, 0.15) is 11.2 Å². The Labute approximate surface area is 386 Å². The van der Waals surface area contributed by atoms with Crippen LogP contribution in [0.5, 0.6) is 0 Å². The zero-order valence-electron chi connectivity index (χ0n) is 34.7. The van der Waals surface area contributed by atoms with Gasteiger partial charge in [-0.2, -0.15) is 0 Å². The van der Waals surface area contributed by atoms with Crippen molar-refractivity contribution in [3.05, 3.63) is 207 Å². The van der Waals surface area contributed by atoms with Crippen molar-refractivity contribution >= 4 is 145 Å². The molecule has 3 nitrogen and oxygen atoms in total. The third-order valence-corrected chi connectivity index (χ3v) is 21.8. The number of furan rings is 1. The Morgan fingerprint density at radius 3 is 1.51 bits per heavy atom. The summed E-state index contributed by atoms with van der Waals surface area (Å²) < 4.78 is 14.7. The average molecular weight is 899 g/mol. The van der Waals surface area contributed by atoms with Crippen LogP contribution in [0.2, 0.25) is 0 Å². The summed E-state index contributed by atoms with van der Waals surface area (Å²) in [7, 11) is -3.11. The molecule has 0 aliphatic heterocycles. The molecule has 0 aliphatic carbocycles. The molecule has 0 saturated carbocycles. The number of fused-ring (bicyclic) bond motifs is 12. The van der Waals surface area contributed by atoms with Gasteiger partial charge in [0.15, 0.2) is 8.07 Å². The number of aromatic nitrogens is 2. The molecular formula is C58H34N2OS3Si. The number of nitrogens with zero attached hydrogens (tertiary/aromatic N) is 2. The first-order chi connectivity index (χ1) is 32.2. The average Bonchev–Trinajstić information content (AvgIpc) is 4.15. The predicted octanol–water partition coefficient (Wildman–Crippen LogP) is 14.2. The normalized spacial score (nSPS) is 12.3. The number of hydrogen-bond donors (Lipinski definition) is 0. The van der Waals surface area contributed by atoms with Crippen molar-refractivity contribution in [2.24, 2.45) is 0 Å². The first-order valence-corrected chi connectivity index (χ1v) is 26.2. The zero-order chi connectivity index (χ0) is 42.6. The molecule has 14 aromatic rings. The maximum Gasteiger partial charge on any atom is 0.185 e. The van der Waals surface area contributed by atoms with Crippen molar-refractivity contribution in [2.45, 2.75) is 0 Å². The highest BCUT2D eigenvalue weighted by atomic mass is 32.1. The molecule has 0 N–H and O–H groups in total. The molecule has 14 rings (SSSR count). The van der Waals surface area contributed by atoms with E-state index >= 15 is 0 Å². The van der Waals surface area contributed by atoms with Gasteiger partial charge in [0.25, 0.3) is 0 Å². The molecule has 6 aromatic heterocycles. The fourth-order valence-electron chi connectivity index (χ4n) is 10.4. The summed E-state index contributed by atoms with van der Waals surface area (Å²) in [6.07, 6.45) is 4.08. The van der Waals surface area contributed by atoms with Gasteiger partial charge >= 0.3 is 0 Å². The van der Waals surface area contributed by atoms with Gasteiger partial charge in [0.2, 0.25) is 0 Å². The Bertz CT molecular complexity index is 3930. The Kier molecular flexibility index (Phi) is 8.21. The first-order valence-electron chi connectivity index (χ1n) is 21.8. The van der Waals surface area contributed by atoms with E-state index in [4.69, 9.17) is 14.4 Å². The molecule has 6 heterocycles. The summed E-state index contributed by atoms with van der Waals surface area (Å²) >= 11 is 5.50. The monoisotopic (exact) mass is 898 g/mol. The molecule has 0 bridgehead atoms. The Morgan fingerprint density at radius 2 is 0.862 bits per heavy atom. The van der Waals surface area contributed by atoms with Crippen LogP contribution >= 0.6 is 34.0 Å². The summed E-state index contributed by atoms with van der Waals surface area (Å²) in [6, 6.07) is 71.5. The summed E-state index contributed by atoms with van der Waals surface area (Å²) in [5, 5.41) is 15.0. The molecule has 0 radical (unpaired) electrons. The summed E-state index contributed by atoms with van der Waals surface area (Å²) in [5.41, 5.74) is 5.96. The molecule has 0 amide bonds. The standard InChI is InChI=1S/C58H34N2OS3Si/c1-3-13-37(14-4-1)65(38-15-5-2-6-16-38,55-23-11-19-41-43-29-35(25-27-49(43)61-57(41)55)47-31-45-39-17-7-9-21-50(39)62-53(45)33-59-47)56-24-12-20-42-44-30-36(26-28-52(44)64-58(42)56)48-32-46-40-18-8-10-22-51(40)63-54(46)34-60-48/h1-34H. The van der Waals surface area contributed by atoms with Crippen molar-refractivity contribution in [3.8, 4) is 22.5 Å². The first kappa shape index (κ1) is 37.1. The van der Waals surface area contributed by atoms with E-state index in [0.717, 1.165) is 44.5 Å². The SMILES string of the molecule is c1ccc([Si](c2ccccc2)(c2cccc3c2oc2ccc(-c4cc5c(cn4)sc4ccccc45)cc23)c2cccc3c2sc2ccc(-c4cc5c(cn4)sc4ccccc45)cc23)cc1. The second-order valence-electron chi connectivity index (χ2n) is 16.8. The molecule has 0 spiro atoms. The van der Waals surface area contributed by atoms with Crippen LogP contribution in [-0.4, -0.2) is 18.0 Å². The van der Waals surface area contributed by atoms with E-state index in [1.807, 2.05) is 23.7 Å². The topological polar surface area (TPSA) is 38.9 Å². The van der Waals surface area contributed by atoms with Gasteiger partial charge in [-0.05, 0) is 75.3 Å². The van der Waals surface area contributed by atoms with E-state index in [-0.39, 0.29) is 0 Å². The van der Waals surface area contributed by atoms with E-state index in [1.54, 1.807) is 22.7 Å². The lowest BCUT2D eigenvalue weighted by Crippen LogP contribution is -2.74. The second kappa shape index (κ2) is 14.4. The zero-order valence-corrected chi connectivity index (χ0v) is 38.1. The van der Waals surface area contributed by atoms with Gasteiger partial charge in [0, 0.05) is 85.4 Å². The minimum atomic E-state index is -3.11. The molecule has 7 heteroatoms. The van der Waals surface area contributed by atoms with Crippen LogP contribution in [-0.2, 0) is 0 Å². The van der Waals surface area contributed by atoms with Crippen molar-refractivity contribution < 1.29 is 4.42 Å². The Morgan fingerprint density at radius 1 is 0.354 bits per heavy atom. The van der Waals surface area contributed by atoms with Crippen LogP contribution < -0.4 is 20.7 Å². The Balaban J connectivity index is 0.993. The lowest BCUT2D eigenvalue weighted by Gasteiger charge is -2.34.